The Bertz CT molecular complexity index is 569. The van der Waals surface area contributed by atoms with Gasteiger partial charge in [-0.05, 0) is 44.4 Å². The van der Waals surface area contributed by atoms with Crippen molar-refractivity contribution in [2.75, 3.05) is 52.1 Å². The Morgan fingerprint density at radius 1 is 1.11 bits per heavy atom. The Kier molecular flexibility index (Phi) is 11.6. The smallest absolute Gasteiger partial charge is 0.211 e. The number of likely N-dealkylation sites (tertiary alicyclic amines) is 1. The molecule has 2 N–H and O–H groups in total. The largest absolute Gasteiger partial charge is 0.357 e. The summed E-state index contributed by atoms with van der Waals surface area (Å²) < 4.78 is 24.8. The first-order valence-electron chi connectivity index (χ1n) is 10.5. The van der Waals surface area contributed by atoms with E-state index >= 15 is 0 Å². The monoisotopic (exact) mass is 529 g/mol. The number of sulfonamides is 1. The van der Waals surface area contributed by atoms with Crippen molar-refractivity contribution in [3.63, 3.8) is 0 Å². The average Bonchev–Trinajstić information content (AvgIpc) is 2.61. The zero-order valence-corrected chi connectivity index (χ0v) is 21.1. The third kappa shape index (κ3) is 9.13. The molecule has 2 rings (SSSR count). The average molecular weight is 530 g/mol. The normalized spacial score (nSPS) is 21.5. The molecule has 0 aromatic heterocycles. The molecular weight excluding hydrogens is 489 g/mol. The van der Waals surface area contributed by atoms with Gasteiger partial charge in [0.1, 0.15) is 0 Å². The van der Waals surface area contributed by atoms with E-state index in [2.05, 4.69) is 36.3 Å². The number of hydrogen-bond donors (Lipinski definition) is 2. The molecule has 0 radical (unpaired) electrons. The van der Waals surface area contributed by atoms with E-state index in [-0.39, 0.29) is 24.0 Å². The highest BCUT2D eigenvalue weighted by molar-refractivity contribution is 14.0. The van der Waals surface area contributed by atoms with Gasteiger partial charge < -0.3 is 15.5 Å². The van der Waals surface area contributed by atoms with Gasteiger partial charge in [0, 0.05) is 51.9 Å². The van der Waals surface area contributed by atoms with Crippen LogP contribution in [0.1, 0.15) is 46.5 Å². The fourth-order valence-corrected chi connectivity index (χ4v) is 4.81. The fourth-order valence-electron chi connectivity index (χ4n) is 3.93. The molecule has 2 fully saturated rings. The Morgan fingerprint density at radius 3 is 2.21 bits per heavy atom. The second-order valence-electron chi connectivity index (χ2n) is 8.44. The second-order valence-corrected chi connectivity index (χ2v) is 10.4. The summed E-state index contributed by atoms with van der Waals surface area (Å²) in [4.78, 5) is 7.36. The molecule has 2 heterocycles. The summed E-state index contributed by atoms with van der Waals surface area (Å²) >= 11 is 0. The first-order chi connectivity index (χ1) is 12.8. The molecule has 166 valence electrons. The molecule has 2 aliphatic heterocycles. The van der Waals surface area contributed by atoms with Crippen molar-refractivity contribution in [2.45, 2.75) is 52.5 Å². The number of guanidine groups is 1. The van der Waals surface area contributed by atoms with Crippen LogP contribution in [0.2, 0.25) is 0 Å². The van der Waals surface area contributed by atoms with E-state index < -0.39 is 10.0 Å². The van der Waals surface area contributed by atoms with Gasteiger partial charge in [-0.2, -0.15) is 0 Å². The van der Waals surface area contributed by atoms with Crippen LogP contribution in [-0.4, -0.2) is 81.7 Å². The van der Waals surface area contributed by atoms with E-state index in [1.807, 2.05) is 0 Å². The number of hydrogen-bond acceptors (Lipinski definition) is 4. The summed E-state index contributed by atoms with van der Waals surface area (Å²) in [5.74, 6) is 2.10. The highest BCUT2D eigenvalue weighted by atomic mass is 127. The number of piperidine rings is 2. The SMILES string of the molecule is CCNC(=NCC1CCN(S(C)(=O)=O)CC1)NC1CCN(CC(C)C)CC1.I. The minimum absolute atomic E-state index is 0. The maximum Gasteiger partial charge on any atom is 0.211 e. The molecule has 0 aromatic carbocycles. The van der Waals surface area contributed by atoms with E-state index in [0.29, 0.717) is 25.0 Å². The van der Waals surface area contributed by atoms with Gasteiger partial charge in [0.25, 0.3) is 0 Å². The van der Waals surface area contributed by atoms with Crippen molar-refractivity contribution < 1.29 is 8.42 Å². The maximum absolute atomic E-state index is 11.6. The van der Waals surface area contributed by atoms with Crippen LogP contribution in [-0.2, 0) is 10.0 Å². The first-order valence-corrected chi connectivity index (χ1v) is 12.3. The summed E-state index contributed by atoms with van der Waals surface area (Å²) in [6.45, 7) is 13.0. The summed E-state index contributed by atoms with van der Waals surface area (Å²) in [7, 11) is -3.05. The molecule has 0 unspecified atom stereocenters. The summed E-state index contributed by atoms with van der Waals surface area (Å²) in [6.07, 6.45) is 5.39. The third-order valence-corrected chi connectivity index (χ3v) is 6.75. The van der Waals surface area contributed by atoms with E-state index in [9.17, 15) is 8.42 Å². The standard InChI is InChI=1S/C19H39N5O2S.HI/c1-5-20-19(22-18-8-10-23(11-9-18)15-16(2)3)21-14-17-6-12-24(13-7-17)27(4,25)26;/h16-18H,5-15H2,1-4H3,(H2,20,21,22);1H. The van der Waals surface area contributed by atoms with Gasteiger partial charge in [0.15, 0.2) is 5.96 Å². The van der Waals surface area contributed by atoms with Gasteiger partial charge in [-0.1, -0.05) is 13.8 Å². The molecular formula is C19H40IN5O2S. The Balaban J connectivity index is 0.00000392. The van der Waals surface area contributed by atoms with Gasteiger partial charge in [-0.3, -0.25) is 4.99 Å². The Morgan fingerprint density at radius 2 is 1.71 bits per heavy atom. The molecule has 0 bridgehead atoms. The van der Waals surface area contributed by atoms with Gasteiger partial charge >= 0.3 is 0 Å². The summed E-state index contributed by atoms with van der Waals surface area (Å²) in [6, 6.07) is 0.485. The minimum atomic E-state index is -3.05. The number of aliphatic imine (C=N–C) groups is 1. The highest BCUT2D eigenvalue weighted by Crippen LogP contribution is 2.19. The van der Waals surface area contributed by atoms with Crippen LogP contribution in [0.15, 0.2) is 4.99 Å². The van der Waals surface area contributed by atoms with Crippen molar-refractivity contribution in [2.24, 2.45) is 16.8 Å². The predicted molar refractivity (Wildman–Crippen MR) is 128 cm³/mol. The lowest BCUT2D eigenvalue weighted by molar-refractivity contribution is 0.187. The van der Waals surface area contributed by atoms with Crippen molar-refractivity contribution in [1.29, 1.82) is 0 Å². The van der Waals surface area contributed by atoms with Crippen molar-refractivity contribution in [3.05, 3.63) is 0 Å². The first kappa shape index (κ1) is 25.9. The van der Waals surface area contributed by atoms with E-state index in [1.165, 1.54) is 12.8 Å². The molecule has 0 aromatic rings. The van der Waals surface area contributed by atoms with E-state index in [4.69, 9.17) is 4.99 Å². The van der Waals surface area contributed by atoms with Gasteiger partial charge in [0.05, 0.1) is 6.26 Å². The van der Waals surface area contributed by atoms with Gasteiger partial charge in [-0.15, -0.1) is 24.0 Å². The van der Waals surface area contributed by atoms with Crippen LogP contribution in [0, 0.1) is 11.8 Å². The second kappa shape index (κ2) is 12.5. The fraction of sp³-hybridized carbons (Fsp3) is 0.947. The quantitative estimate of drug-likeness (QED) is 0.300. The third-order valence-electron chi connectivity index (χ3n) is 5.45. The van der Waals surface area contributed by atoms with E-state index in [0.717, 1.165) is 63.7 Å². The van der Waals surface area contributed by atoms with Crippen LogP contribution in [0.5, 0.6) is 0 Å². The lowest BCUT2D eigenvalue weighted by Gasteiger charge is -2.34. The number of nitrogens with zero attached hydrogens (tertiary/aromatic N) is 3. The van der Waals surface area contributed by atoms with Crippen LogP contribution < -0.4 is 10.6 Å². The number of halogens is 1. The Hall–Kier alpha value is -0.130. The molecule has 0 spiro atoms. The van der Waals surface area contributed by atoms with Gasteiger partial charge in [0.2, 0.25) is 10.0 Å². The van der Waals surface area contributed by atoms with Crippen molar-refractivity contribution >= 4 is 40.0 Å². The van der Waals surface area contributed by atoms with Gasteiger partial charge in [-0.25, -0.2) is 12.7 Å². The molecule has 28 heavy (non-hydrogen) atoms. The predicted octanol–water partition coefficient (Wildman–Crippen LogP) is 1.95. The lowest BCUT2D eigenvalue weighted by Crippen LogP contribution is -2.49. The van der Waals surface area contributed by atoms with Crippen LogP contribution >= 0.6 is 24.0 Å². The molecule has 7 nitrogen and oxygen atoms in total. The molecule has 0 amide bonds. The van der Waals surface area contributed by atoms with Crippen LogP contribution in [0.3, 0.4) is 0 Å². The molecule has 9 heteroatoms. The maximum atomic E-state index is 11.6. The molecule has 0 atom stereocenters. The van der Waals surface area contributed by atoms with Crippen molar-refractivity contribution in [1.82, 2.24) is 19.8 Å². The zero-order valence-electron chi connectivity index (χ0n) is 18.0. The number of rotatable bonds is 7. The lowest BCUT2D eigenvalue weighted by atomic mass is 9.98. The Labute approximate surface area is 189 Å². The van der Waals surface area contributed by atoms with Crippen molar-refractivity contribution in [3.8, 4) is 0 Å². The zero-order chi connectivity index (χ0) is 19.9. The minimum Gasteiger partial charge on any atom is -0.357 e. The topological polar surface area (TPSA) is 77.0 Å². The molecule has 2 saturated heterocycles. The summed E-state index contributed by atoms with van der Waals surface area (Å²) in [5, 5.41) is 6.97. The summed E-state index contributed by atoms with van der Waals surface area (Å²) in [5.41, 5.74) is 0. The van der Waals surface area contributed by atoms with E-state index in [1.54, 1.807) is 4.31 Å². The molecule has 0 saturated carbocycles. The van der Waals surface area contributed by atoms with Crippen LogP contribution in [0.25, 0.3) is 0 Å². The highest BCUT2D eigenvalue weighted by Gasteiger charge is 2.25. The molecule has 2 aliphatic rings. The van der Waals surface area contributed by atoms with Crippen LogP contribution in [0.4, 0.5) is 0 Å². The number of nitrogens with one attached hydrogen (secondary N) is 2. The molecule has 0 aliphatic carbocycles.